The quantitative estimate of drug-likeness (QED) is 0.706. The second-order valence-corrected chi connectivity index (χ2v) is 3.57. The maximum absolute atomic E-state index is 13.4. The van der Waals surface area contributed by atoms with Crippen molar-refractivity contribution >= 4 is 0 Å². The highest BCUT2D eigenvalue weighted by Gasteiger charge is 2.28. The molecule has 0 aromatic heterocycles. The van der Waals surface area contributed by atoms with Crippen LogP contribution in [0.5, 0.6) is 0 Å². The smallest absolute Gasteiger partial charge is 0.128 e. The van der Waals surface area contributed by atoms with Crippen LogP contribution in [-0.2, 0) is 0 Å². The van der Waals surface area contributed by atoms with Crippen LogP contribution >= 0.6 is 0 Å². The minimum absolute atomic E-state index is 0.215. The van der Waals surface area contributed by atoms with Gasteiger partial charge in [0, 0.05) is 12.1 Å². The van der Waals surface area contributed by atoms with Gasteiger partial charge in [0.15, 0.2) is 0 Å². The molecule has 1 aromatic carbocycles. The van der Waals surface area contributed by atoms with Gasteiger partial charge in [-0.05, 0) is 31.0 Å². The first-order chi connectivity index (χ1) is 7.22. The number of rotatable bonds is 2. The van der Waals surface area contributed by atoms with Gasteiger partial charge in [-0.15, -0.1) is 4.91 Å². The highest BCUT2D eigenvalue weighted by atomic mass is 19.1. The fourth-order valence-corrected chi connectivity index (χ4v) is 1.94. The Morgan fingerprint density at radius 2 is 2.20 bits per heavy atom. The summed E-state index contributed by atoms with van der Waals surface area (Å²) >= 11 is 0. The highest BCUT2D eigenvalue weighted by Crippen LogP contribution is 2.33. The van der Waals surface area contributed by atoms with Gasteiger partial charge in [-0.2, -0.15) is 0 Å². The summed E-state index contributed by atoms with van der Waals surface area (Å²) < 4.78 is 26.3. The molecule has 0 unspecified atom stereocenters. The van der Waals surface area contributed by atoms with E-state index in [-0.39, 0.29) is 5.56 Å². The number of nitroso groups, excluding NO2 is 1. The number of hydrogen-bond donors (Lipinski definition) is 0. The van der Waals surface area contributed by atoms with Crippen molar-refractivity contribution in [2.75, 3.05) is 6.54 Å². The summed E-state index contributed by atoms with van der Waals surface area (Å²) in [6, 6.07) is 2.85. The van der Waals surface area contributed by atoms with Crippen molar-refractivity contribution in [1.29, 1.82) is 0 Å². The summed E-state index contributed by atoms with van der Waals surface area (Å²) in [5.74, 6) is -0.985. The number of nitrogens with zero attached hydrogens (tertiary/aromatic N) is 2. The number of halogens is 2. The van der Waals surface area contributed by atoms with Gasteiger partial charge in [-0.3, -0.25) is 5.01 Å². The average Bonchev–Trinajstić information content (AvgIpc) is 2.69. The first-order valence-electron chi connectivity index (χ1n) is 4.77. The molecule has 0 radical (unpaired) electrons. The molecule has 0 bridgehead atoms. The third-order valence-electron chi connectivity index (χ3n) is 2.65. The lowest BCUT2D eigenvalue weighted by molar-refractivity contribution is 0.260. The molecule has 1 aliphatic rings. The summed E-state index contributed by atoms with van der Waals surface area (Å²) in [7, 11) is 0. The molecule has 0 aliphatic carbocycles. The topological polar surface area (TPSA) is 32.7 Å². The minimum Gasteiger partial charge on any atom is -0.253 e. The Morgan fingerprint density at radius 1 is 1.40 bits per heavy atom. The lowest BCUT2D eigenvalue weighted by Gasteiger charge is -2.18. The summed E-state index contributed by atoms with van der Waals surface area (Å²) in [6.45, 7) is 0.504. The van der Waals surface area contributed by atoms with Crippen LogP contribution < -0.4 is 0 Å². The molecule has 1 aliphatic heterocycles. The zero-order valence-electron chi connectivity index (χ0n) is 7.99. The van der Waals surface area contributed by atoms with Gasteiger partial charge in [0.1, 0.15) is 11.6 Å². The fraction of sp³-hybridized carbons (Fsp3) is 0.400. The normalized spacial score (nSPS) is 20.7. The Hall–Kier alpha value is -1.52. The monoisotopic (exact) mass is 212 g/mol. The van der Waals surface area contributed by atoms with E-state index >= 15 is 0 Å². The second-order valence-electron chi connectivity index (χ2n) is 3.57. The number of hydrogen-bond acceptors (Lipinski definition) is 2. The van der Waals surface area contributed by atoms with Crippen LogP contribution in [0.3, 0.4) is 0 Å². The van der Waals surface area contributed by atoms with Crippen molar-refractivity contribution in [3.05, 3.63) is 40.3 Å². The van der Waals surface area contributed by atoms with Gasteiger partial charge in [0.05, 0.1) is 11.3 Å². The van der Waals surface area contributed by atoms with Gasteiger partial charge in [0.2, 0.25) is 0 Å². The fourth-order valence-electron chi connectivity index (χ4n) is 1.94. The molecule has 0 amide bonds. The summed E-state index contributed by atoms with van der Waals surface area (Å²) in [4.78, 5) is 10.4. The van der Waals surface area contributed by atoms with Gasteiger partial charge in [-0.1, -0.05) is 0 Å². The zero-order valence-corrected chi connectivity index (χ0v) is 7.99. The molecular formula is C10H10F2N2O. The first-order valence-corrected chi connectivity index (χ1v) is 4.77. The van der Waals surface area contributed by atoms with Crippen molar-refractivity contribution < 1.29 is 8.78 Å². The molecule has 0 saturated carbocycles. The molecule has 2 rings (SSSR count). The third kappa shape index (κ3) is 1.82. The summed E-state index contributed by atoms with van der Waals surface area (Å²) in [5, 5.41) is 4.07. The van der Waals surface area contributed by atoms with E-state index < -0.39 is 17.7 Å². The molecule has 15 heavy (non-hydrogen) atoms. The van der Waals surface area contributed by atoms with Gasteiger partial charge in [-0.25, -0.2) is 8.78 Å². The third-order valence-corrected chi connectivity index (χ3v) is 2.65. The Labute approximate surface area is 85.6 Å². The molecule has 5 heteroatoms. The summed E-state index contributed by atoms with van der Waals surface area (Å²) in [6.07, 6.45) is 1.40. The molecular weight excluding hydrogens is 202 g/mol. The van der Waals surface area contributed by atoms with Gasteiger partial charge >= 0.3 is 0 Å². The van der Waals surface area contributed by atoms with Crippen molar-refractivity contribution in [2.24, 2.45) is 5.29 Å². The Morgan fingerprint density at radius 3 is 2.93 bits per heavy atom. The highest BCUT2D eigenvalue weighted by molar-refractivity contribution is 5.23. The maximum Gasteiger partial charge on any atom is 0.128 e. The average molecular weight is 212 g/mol. The van der Waals surface area contributed by atoms with Crippen LogP contribution in [0.2, 0.25) is 0 Å². The molecule has 1 saturated heterocycles. The Bertz CT molecular complexity index is 384. The molecule has 1 aromatic rings. The van der Waals surface area contributed by atoms with Crippen molar-refractivity contribution in [2.45, 2.75) is 18.9 Å². The lowest BCUT2D eigenvalue weighted by atomic mass is 10.0. The van der Waals surface area contributed by atoms with Crippen molar-refractivity contribution in [1.82, 2.24) is 5.01 Å². The van der Waals surface area contributed by atoms with Crippen molar-refractivity contribution in [3.8, 4) is 0 Å². The van der Waals surface area contributed by atoms with E-state index in [9.17, 15) is 13.7 Å². The van der Waals surface area contributed by atoms with E-state index in [4.69, 9.17) is 0 Å². The molecule has 1 atom stereocenters. The van der Waals surface area contributed by atoms with E-state index in [1.807, 2.05) is 0 Å². The zero-order chi connectivity index (χ0) is 10.8. The van der Waals surface area contributed by atoms with Crippen LogP contribution in [-0.4, -0.2) is 11.6 Å². The predicted octanol–water partition coefficient (Wildman–Crippen LogP) is 2.78. The van der Waals surface area contributed by atoms with E-state index in [1.165, 1.54) is 5.01 Å². The van der Waals surface area contributed by atoms with E-state index in [1.54, 1.807) is 0 Å². The molecule has 0 spiro atoms. The Kier molecular flexibility index (Phi) is 2.62. The molecule has 3 nitrogen and oxygen atoms in total. The maximum atomic E-state index is 13.4. The first kappa shape index (κ1) is 10.0. The molecule has 80 valence electrons. The second kappa shape index (κ2) is 3.92. The van der Waals surface area contributed by atoms with Crippen LogP contribution in [0.15, 0.2) is 23.5 Å². The van der Waals surface area contributed by atoms with Gasteiger partial charge < -0.3 is 0 Å². The molecule has 0 N–H and O–H groups in total. The van der Waals surface area contributed by atoms with Gasteiger partial charge in [0.25, 0.3) is 0 Å². The minimum atomic E-state index is -0.496. The predicted molar refractivity (Wildman–Crippen MR) is 50.8 cm³/mol. The molecule has 1 heterocycles. The van der Waals surface area contributed by atoms with E-state index in [2.05, 4.69) is 5.29 Å². The number of benzene rings is 1. The standard InChI is InChI=1S/C10H10F2N2O/c11-7-3-4-9(12)8(6-7)10-2-1-5-14(10)13-15/h3-4,6,10H,1-2,5H2/t10-/m1/s1. The van der Waals surface area contributed by atoms with Crippen LogP contribution in [0.1, 0.15) is 24.4 Å². The van der Waals surface area contributed by atoms with E-state index in [0.29, 0.717) is 13.0 Å². The lowest BCUT2D eigenvalue weighted by Crippen LogP contribution is -2.17. The SMILES string of the molecule is O=NN1CCC[C@@H]1c1cc(F)ccc1F. The van der Waals surface area contributed by atoms with E-state index in [0.717, 1.165) is 24.6 Å². The summed E-state index contributed by atoms with van der Waals surface area (Å²) in [5.41, 5.74) is 0.215. The van der Waals surface area contributed by atoms with Crippen LogP contribution in [0, 0.1) is 16.5 Å². The largest absolute Gasteiger partial charge is 0.253 e. The molecule has 1 fully saturated rings. The van der Waals surface area contributed by atoms with Crippen molar-refractivity contribution in [3.63, 3.8) is 0 Å². The van der Waals surface area contributed by atoms with Crippen LogP contribution in [0.25, 0.3) is 0 Å². The van der Waals surface area contributed by atoms with Crippen LogP contribution in [0.4, 0.5) is 8.78 Å². The Balaban J connectivity index is 2.35.